The first kappa shape index (κ1) is 14.9. The largest absolute Gasteiger partial charge is 0.330 e. The third kappa shape index (κ3) is 3.97. The number of nitrogens with two attached hydrogens (primary N) is 1. The van der Waals surface area contributed by atoms with E-state index >= 15 is 0 Å². The van der Waals surface area contributed by atoms with Gasteiger partial charge in [0.25, 0.3) is 5.91 Å². The summed E-state index contributed by atoms with van der Waals surface area (Å²) in [4.78, 5) is 12.1. The minimum absolute atomic E-state index is 0.206. The minimum Gasteiger partial charge on any atom is -0.330 e. The van der Waals surface area contributed by atoms with Crippen LogP contribution in [0, 0.1) is 0 Å². The number of carbonyl (C=O) groups is 1. The third-order valence-corrected chi connectivity index (χ3v) is 3.21. The van der Waals surface area contributed by atoms with Gasteiger partial charge in [0.1, 0.15) is 0 Å². The molecule has 3 N–H and O–H groups in total. The second-order valence-electron chi connectivity index (χ2n) is 4.35. The maximum Gasteiger partial charge on any atom is 0.255 e. The molecule has 3 nitrogen and oxygen atoms in total. The zero-order valence-electron chi connectivity index (χ0n) is 10.7. The second-order valence-corrected chi connectivity index (χ2v) is 5.22. The summed E-state index contributed by atoms with van der Waals surface area (Å²) in [5, 5.41) is 3.71. The van der Waals surface area contributed by atoms with Gasteiger partial charge in [0.2, 0.25) is 0 Å². The molecule has 0 atom stereocenters. The molecular weight excluding hydrogens is 295 g/mol. The normalized spacial score (nSPS) is 10.3. The number of anilines is 1. The summed E-state index contributed by atoms with van der Waals surface area (Å²) < 4.78 is 0. The van der Waals surface area contributed by atoms with E-state index in [0.717, 1.165) is 12.0 Å². The minimum atomic E-state index is -0.206. The van der Waals surface area contributed by atoms with Gasteiger partial charge in [-0.15, -0.1) is 0 Å². The number of carbonyl (C=O) groups excluding carboxylic acids is 1. The van der Waals surface area contributed by atoms with E-state index in [1.54, 1.807) is 30.3 Å². The van der Waals surface area contributed by atoms with Crippen molar-refractivity contribution < 1.29 is 4.79 Å². The van der Waals surface area contributed by atoms with Crippen molar-refractivity contribution in [2.45, 2.75) is 6.42 Å². The average Bonchev–Trinajstić information content (AvgIpc) is 2.38. The standard InChI is InChI=1S/C15H14Cl2N2O/c16-12-7-13(17)9-14(8-12)19-15(20)11-3-1-10(2-4-11)5-6-18/h1-4,7-9H,5-6,18H2,(H,19,20). The van der Waals surface area contributed by atoms with Crippen LogP contribution in [0.1, 0.15) is 15.9 Å². The fourth-order valence-corrected chi connectivity index (χ4v) is 2.34. The van der Waals surface area contributed by atoms with Gasteiger partial charge in [0.15, 0.2) is 0 Å². The fourth-order valence-electron chi connectivity index (χ4n) is 1.82. The summed E-state index contributed by atoms with van der Waals surface area (Å²) in [7, 11) is 0. The summed E-state index contributed by atoms with van der Waals surface area (Å²) in [6, 6.07) is 12.2. The number of amides is 1. The van der Waals surface area contributed by atoms with Crippen molar-refractivity contribution in [1.29, 1.82) is 0 Å². The molecule has 0 aliphatic heterocycles. The molecule has 20 heavy (non-hydrogen) atoms. The fraction of sp³-hybridized carbons (Fsp3) is 0.133. The highest BCUT2D eigenvalue weighted by atomic mass is 35.5. The van der Waals surface area contributed by atoms with Crippen molar-refractivity contribution in [3.8, 4) is 0 Å². The van der Waals surface area contributed by atoms with Gasteiger partial charge in [0.05, 0.1) is 0 Å². The molecule has 104 valence electrons. The van der Waals surface area contributed by atoms with Crippen LogP contribution in [0.15, 0.2) is 42.5 Å². The van der Waals surface area contributed by atoms with Crippen molar-refractivity contribution in [3.63, 3.8) is 0 Å². The van der Waals surface area contributed by atoms with Crippen molar-refractivity contribution in [1.82, 2.24) is 0 Å². The highest BCUT2D eigenvalue weighted by Gasteiger charge is 2.07. The summed E-state index contributed by atoms with van der Waals surface area (Å²) >= 11 is 11.8. The lowest BCUT2D eigenvalue weighted by atomic mass is 10.1. The third-order valence-electron chi connectivity index (χ3n) is 2.77. The van der Waals surface area contributed by atoms with Crippen LogP contribution in [-0.4, -0.2) is 12.5 Å². The molecule has 0 aliphatic carbocycles. The van der Waals surface area contributed by atoms with Gasteiger partial charge >= 0.3 is 0 Å². The van der Waals surface area contributed by atoms with E-state index in [1.807, 2.05) is 12.1 Å². The second kappa shape index (κ2) is 6.75. The Balaban J connectivity index is 2.11. The Labute approximate surface area is 127 Å². The van der Waals surface area contributed by atoms with E-state index in [-0.39, 0.29) is 5.91 Å². The molecule has 0 fully saturated rings. The van der Waals surface area contributed by atoms with Crippen molar-refractivity contribution in [3.05, 3.63) is 63.6 Å². The Bertz CT molecular complexity index is 592. The van der Waals surface area contributed by atoms with E-state index in [1.165, 1.54) is 0 Å². The number of rotatable bonds is 4. The highest BCUT2D eigenvalue weighted by molar-refractivity contribution is 6.35. The topological polar surface area (TPSA) is 55.1 Å². The monoisotopic (exact) mass is 308 g/mol. The molecule has 0 unspecified atom stereocenters. The first-order valence-corrected chi connectivity index (χ1v) is 6.90. The van der Waals surface area contributed by atoms with Crippen molar-refractivity contribution in [2.24, 2.45) is 5.73 Å². The van der Waals surface area contributed by atoms with E-state index in [9.17, 15) is 4.79 Å². The molecule has 2 aromatic carbocycles. The van der Waals surface area contributed by atoms with Crippen LogP contribution < -0.4 is 11.1 Å². The zero-order valence-corrected chi connectivity index (χ0v) is 12.2. The number of nitrogens with one attached hydrogen (secondary N) is 1. The zero-order chi connectivity index (χ0) is 14.5. The van der Waals surface area contributed by atoms with Gasteiger partial charge in [-0.05, 0) is 48.9 Å². The molecule has 5 heteroatoms. The summed E-state index contributed by atoms with van der Waals surface area (Å²) in [6.07, 6.45) is 0.797. The molecule has 0 spiro atoms. The van der Waals surface area contributed by atoms with Crippen molar-refractivity contribution >= 4 is 34.8 Å². The number of halogens is 2. The quantitative estimate of drug-likeness (QED) is 0.904. The molecule has 0 aromatic heterocycles. The number of hydrogen-bond donors (Lipinski definition) is 2. The summed E-state index contributed by atoms with van der Waals surface area (Å²) in [6.45, 7) is 0.590. The summed E-state index contributed by atoms with van der Waals surface area (Å²) in [5.41, 5.74) is 7.73. The number of hydrogen-bond acceptors (Lipinski definition) is 2. The SMILES string of the molecule is NCCc1ccc(C(=O)Nc2cc(Cl)cc(Cl)c2)cc1. The smallest absolute Gasteiger partial charge is 0.255 e. The molecule has 0 heterocycles. The Hall–Kier alpha value is -1.55. The molecule has 0 saturated heterocycles. The van der Waals surface area contributed by atoms with Gasteiger partial charge in [-0.2, -0.15) is 0 Å². The van der Waals surface area contributed by atoms with Crippen LogP contribution >= 0.6 is 23.2 Å². The van der Waals surface area contributed by atoms with Crippen LogP contribution in [0.5, 0.6) is 0 Å². The lowest BCUT2D eigenvalue weighted by molar-refractivity contribution is 0.102. The molecule has 0 radical (unpaired) electrons. The van der Waals surface area contributed by atoms with Gasteiger partial charge in [0, 0.05) is 21.3 Å². The van der Waals surface area contributed by atoms with Crippen LogP contribution in [0.3, 0.4) is 0 Å². The van der Waals surface area contributed by atoms with E-state index in [2.05, 4.69) is 5.32 Å². The first-order chi connectivity index (χ1) is 9.58. The highest BCUT2D eigenvalue weighted by Crippen LogP contribution is 2.22. The molecular formula is C15H14Cl2N2O. The van der Waals surface area contributed by atoms with Gasteiger partial charge in [-0.25, -0.2) is 0 Å². The maximum absolute atomic E-state index is 12.1. The molecule has 0 bridgehead atoms. The Morgan fingerprint density at radius 3 is 2.20 bits per heavy atom. The maximum atomic E-state index is 12.1. The lowest BCUT2D eigenvalue weighted by Crippen LogP contribution is -2.12. The van der Waals surface area contributed by atoms with E-state index in [0.29, 0.717) is 27.8 Å². The first-order valence-electron chi connectivity index (χ1n) is 6.15. The predicted molar refractivity (Wildman–Crippen MR) is 83.6 cm³/mol. The number of benzene rings is 2. The molecule has 1 amide bonds. The Morgan fingerprint density at radius 2 is 1.65 bits per heavy atom. The van der Waals surface area contributed by atoms with E-state index < -0.39 is 0 Å². The molecule has 0 aliphatic rings. The summed E-state index contributed by atoms with van der Waals surface area (Å²) in [5.74, 6) is -0.206. The Kier molecular flexibility index (Phi) is 5.01. The van der Waals surface area contributed by atoms with Crippen molar-refractivity contribution in [2.75, 3.05) is 11.9 Å². The molecule has 2 aromatic rings. The molecule has 2 rings (SSSR count). The molecule has 0 saturated carbocycles. The van der Waals surface area contributed by atoms with Crippen LogP contribution in [-0.2, 0) is 6.42 Å². The van der Waals surface area contributed by atoms with Gasteiger partial charge < -0.3 is 11.1 Å². The average molecular weight is 309 g/mol. The van der Waals surface area contributed by atoms with Crippen LogP contribution in [0.4, 0.5) is 5.69 Å². The Morgan fingerprint density at radius 1 is 1.05 bits per heavy atom. The van der Waals surface area contributed by atoms with Gasteiger partial charge in [-0.3, -0.25) is 4.79 Å². The van der Waals surface area contributed by atoms with E-state index in [4.69, 9.17) is 28.9 Å². The predicted octanol–water partition coefficient (Wildman–Crippen LogP) is 3.75. The lowest BCUT2D eigenvalue weighted by Gasteiger charge is -2.07. The van der Waals surface area contributed by atoms with Crippen LogP contribution in [0.25, 0.3) is 0 Å². The van der Waals surface area contributed by atoms with Gasteiger partial charge in [-0.1, -0.05) is 35.3 Å². The van der Waals surface area contributed by atoms with Crippen LogP contribution in [0.2, 0.25) is 10.0 Å².